The van der Waals surface area contributed by atoms with Crippen molar-refractivity contribution in [3.63, 3.8) is 0 Å². The lowest BCUT2D eigenvalue weighted by Crippen LogP contribution is -2.26. The Kier molecular flexibility index (Phi) is 4.01. The fraction of sp³-hybridized carbons (Fsp3) is 0.211. The van der Waals surface area contributed by atoms with Crippen molar-refractivity contribution in [1.82, 2.24) is 20.3 Å². The molecule has 1 unspecified atom stereocenters. The van der Waals surface area contributed by atoms with E-state index in [0.29, 0.717) is 29.5 Å². The fourth-order valence-electron chi connectivity index (χ4n) is 3.12. The van der Waals surface area contributed by atoms with Crippen LogP contribution in [0.2, 0.25) is 5.02 Å². The summed E-state index contributed by atoms with van der Waals surface area (Å²) < 4.78 is 0. The van der Waals surface area contributed by atoms with E-state index in [2.05, 4.69) is 20.3 Å². The van der Waals surface area contributed by atoms with Gasteiger partial charge in [-0.15, -0.1) is 0 Å². The molecule has 0 saturated heterocycles. The van der Waals surface area contributed by atoms with Gasteiger partial charge in [-0.3, -0.25) is 9.78 Å². The standard InChI is InChI=1S/C19H17ClN4O/c1-11-6-7-21-16(8-11)18-23-15-9-13(10-22-19(25)17(15)24-18)12-2-4-14(20)5-3-12/h2-8,13H,9-10H2,1H3,(H,22,25)(H,23,24). The number of fused-ring (bicyclic) bond motifs is 1. The summed E-state index contributed by atoms with van der Waals surface area (Å²) >= 11 is 5.98. The highest BCUT2D eigenvalue weighted by atomic mass is 35.5. The Morgan fingerprint density at radius 2 is 2.00 bits per heavy atom. The van der Waals surface area contributed by atoms with Crippen molar-refractivity contribution in [2.24, 2.45) is 0 Å². The zero-order chi connectivity index (χ0) is 17.4. The van der Waals surface area contributed by atoms with Gasteiger partial charge in [-0.1, -0.05) is 23.7 Å². The summed E-state index contributed by atoms with van der Waals surface area (Å²) in [5.41, 5.74) is 4.27. The molecule has 2 N–H and O–H groups in total. The van der Waals surface area contributed by atoms with Crippen LogP contribution in [-0.4, -0.2) is 27.4 Å². The number of carbonyl (C=O) groups is 1. The van der Waals surface area contributed by atoms with E-state index >= 15 is 0 Å². The number of pyridine rings is 1. The third-order valence-electron chi connectivity index (χ3n) is 4.45. The lowest BCUT2D eigenvalue weighted by atomic mass is 9.94. The third-order valence-corrected chi connectivity index (χ3v) is 4.70. The van der Waals surface area contributed by atoms with E-state index in [9.17, 15) is 4.79 Å². The van der Waals surface area contributed by atoms with Crippen LogP contribution in [-0.2, 0) is 6.42 Å². The second-order valence-electron chi connectivity index (χ2n) is 6.29. The molecule has 1 aliphatic rings. The summed E-state index contributed by atoms with van der Waals surface area (Å²) in [6.45, 7) is 2.57. The second kappa shape index (κ2) is 6.33. The predicted molar refractivity (Wildman–Crippen MR) is 96.8 cm³/mol. The van der Waals surface area contributed by atoms with Gasteiger partial charge in [-0.05, 0) is 48.7 Å². The van der Waals surface area contributed by atoms with Crippen molar-refractivity contribution in [2.75, 3.05) is 6.54 Å². The smallest absolute Gasteiger partial charge is 0.271 e. The van der Waals surface area contributed by atoms with Gasteiger partial charge in [0.15, 0.2) is 5.82 Å². The van der Waals surface area contributed by atoms with Crippen LogP contribution >= 0.6 is 11.6 Å². The topological polar surface area (TPSA) is 70.7 Å². The van der Waals surface area contributed by atoms with E-state index in [1.807, 2.05) is 43.3 Å². The van der Waals surface area contributed by atoms with Gasteiger partial charge in [0.25, 0.3) is 5.91 Å². The molecule has 1 aromatic carbocycles. The third kappa shape index (κ3) is 3.15. The van der Waals surface area contributed by atoms with E-state index in [1.54, 1.807) is 6.20 Å². The summed E-state index contributed by atoms with van der Waals surface area (Å²) in [4.78, 5) is 24.6. The lowest BCUT2D eigenvalue weighted by molar-refractivity contribution is 0.0950. The summed E-state index contributed by atoms with van der Waals surface area (Å²) in [6.07, 6.45) is 2.45. The van der Waals surface area contributed by atoms with Gasteiger partial charge in [0.2, 0.25) is 0 Å². The average Bonchev–Trinajstić information content (AvgIpc) is 2.97. The minimum absolute atomic E-state index is 0.151. The van der Waals surface area contributed by atoms with Crippen LogP contribution in [0.5, 0.6) is 0 Å². The maximum absolute atomic E-state index is 12.4. The zero-order valence-electron chi connectivity index (χ0n) is 13.7. The number of carbonyl (C=O) groups excluding carboxylic acids is 1. The van der Waals surface area contributed by atoms with Gasteiger partial charge in [0.1, 0.15) is 11.4 Å². The molecule has 1 atom stereocenters. The van der Waals surface area contributed by atoms with E-state index in [1.165, 1.54) is 0 Å². The number of H-pyrrole nitrogens is 1. The number of aromatic nitrogens is 3. The molecule has 0 spiro atoms. The first kappa shape index (κ1) is 15.8. The largest absolute Gasteiger partial charge is 0.350 e. The number of benzene rings is 1. The summed E-state index contributed by atoms with van der Waals surface area (Å²) in [5.74, 6) is 0.642. The van der Waals surface area contributed by atoms with Gasteiger partial charge in [0.05, 0.1) is 0 Å². The number of amides is 1. The van der Waals surface area contributed by atoms with Crippen LogP contribution in [0.3, 0.4) is 0 Å². The van der Waals surface area contributed by atoms with Gasteiger partial charge < -0.3 is 10.3 Å². The summed E-state index contributed by atoms with van der Waals surface area (Å²) in [7, 11) is 0. The highest BCUT2D eigenvalue weighted by Gasteiger charge is 2.26. The van der Waals surface area contributed by atoms with Gasteiger partial charge >= 0.3 is 0 Å². The maximum Gasteiger partial charge on any atom is 0.271 e. The molecule has 5 nitrogen and oxygen atoms in total. The fourth-order valence-corrected chi connectivity index (χ4v) is 3.25. The van der Waals surface area contributed by atoms with Crippen molar-refractivity contribution in [3.8, 4) is 11.5 Å². The van der Waals surface area contributed by atoms with Crippen molar-refractivity contribution in [1.29, 1.82) is 0 Å². The van der Waals surface area contributed by atoms with E-state index in [-0.39, 0.29) is 11.8 Å². The van der Waals surface area contributed by atoms with Crippen LogP contribution in [0, 0.1) is 6.92 Å². The highest BCUT2D eigenvalue weighted by Crippen LogP contribution is 2.27. The Hall–Kier alpha value is -2.66. The van der Waals surface area contributed by atoms with Gasteiger partial charge in [-0.2, -0.15) is 0 Å². The molecule has 3 aromatic rings. The van der Waals surface area contributed by atoms with Crippen LogP contribution in [0.1, 0.15) is 33.2 Å². The zero-order valence-corrected chi connectivity index (χ0v) is 14.5. The molecule has 4 rings (SSSR count). The van der Waals surface area contributed by atoms with Crippen molar-refractivity contribution >= 4 is 17.5 Å². The molecular weight excluding hydrogens is 336 g/mol. The number of imidazole rings is 1. The molecule has 0 fully saturated rings. The molecule has 0 aliphatic carbocycles. The molecule has 3 heterocycles. The minimum atomic E-state index is -0.151. The Morgan fingerprint density at radius 3 is 2.76 bits per heavy atom. The average molecular weight is 353 g/mol. The molecule has 1 amide bonds. The number of halogens is 1. The second-order valence-corrected chi connectivity index (χ2v) is 6.73. The van der Waals surface area contributed by atoms with Crippen LogP contribution in [0.15, 0.2) is 42.6 Å². The normalized spacial score (nSPS) is 16.9. The number of hydrogen-bond donors (Lipinski definition) is 2. The first-order valence-corrected chi connectivity index (χ1v) is 8.53. The Morgan fingerprint density at radius 1 is 1.20 bits per heavy atom. The number of aryl methyl sites for hydroxylation is 1. The molecule has 2 aromatic heterocycles. The highest BCUT2D eigenvalue weighted by molar-refractivity contribution is 6.30. The van der Waals surface area contributed by atoms with Crippen LogP contribution in [0.25, 0.3) is 11.5 Å². The molecule has 6 heteroatoms. The quantitative estimate of drug-likeness (QED) is 0.741. The SMILES string of the molecule is Cc1ccnc(-c2nc3c([nH]2)CC(c2ccc(Cl)cc2)CNC3=O)c1. The van der Waals surface area contributed by atoms with Crippen molar-refractivity contribution in [3.05, 3.63) is 70.1 Å². The number of nitrogens with zero attached hydrogens (tertiary/aromatic N) is 2. The number of nitrogens with one attached hydrogen (secondary N) is 2. The first-order chi connectivity index (χ1) is 12.1. The minimum Gasteiger partial charge on any atom is -0.350 e. The van der Waals surface area contributed by atoms with Crippen LogP contribution in [0.4, 0.5) is 0 Å². The number of hydrogen-bond acceptors (Lipinski definition) is 3. The lowest BCUT2D eigenvalue weighted by Gasteiger charge is -2.14. The van der Waals surface area contributed by atoms with Gasteiger partial charge in [0, 0.05) is 29.4 Å². The first-order valence-electron chi connectivity index (χ1n) is 8.16. The summed E-state index contributed by atoms with van der Waals surface area (Å²) in [6, 6.07) is 11.6. The molecule has 126 valence electrons. The molecule has 1 aliphatic heterocycles. The Labute approximate surface area is 150 Å². The maximum atomic E-state index is 12.4. The molecular formula is C19H17ClN4O. The number of rotatable bonds is 2. The van der Waals surface area contributed by atoms with Crippen LogP contribution < -0.4 is 5.32 Å². The molecule has 0 radical (unpaired) electrons. The predicted octanol–water partition coefficient (Wildman–Crippen LogP) is 3.50. The number of aromatic amines is 1. The van der Waals surface area contributed by atoms with Gasteiger partial charge in [-0.25, -0.2) is 4.98 Å². The molecule has 0 saturated carbocycles. The molecule has 0 bridgehead atoms. The Bertz CT molecular complexity index is 933. The van der Waals surface area contributed by atoms with E-state index in [4.69, 9.17) is 11.6 Å². The monoisotopic (exact) mass is 352 g/mol. The van der Waals surface area contributed by atoms with Crippen molar-refractivity contribution in [2.45, 2.75) is 19.3 Å². The van der Waals surface area contributed by atoms with E-state index in [0.717, 1.165) is 22.5 Å². The Balaban J connectivity index is 1.70. The van der Waals surface area contributed by atoms with Crippen molar-refractivity contribution < 1.29 is 4.79 Å². The summed E-state index contributed by atoms with van der Waals surface area (Å²) in [5, 5.41) is 3.67. The van der Waals surface area contributed by atoms with E-state index < -0.39 is 0 Å². The molecule has 25 heavy (non-hydrogen) atoms.